The summed E-state index contributed by atoms with van der Waals surface area (Å²) in [4.78, 5) is 11.4. The van der Waals surface area contributed by atoms with Crippen LogP contribution in [0.15, 0.2) is 0 Å². The molecular formula is C5H7F2NO2. The van der Waals surface area contributed by atoms with Crippen LogP contribution in [0.1, 0.15) is 0 Å². The van der Waals surface area contributed by atoms with E-state index in [4.69, 9.17) is 0 Å². The fraction of sp³-hybridized carbons (Fsp3) is 0.800. The quantitative estimate of drug-likeness (QED) is 0.510. The van der Waals surface area contributed by atoms with Crippen molar-refractivity contribution in [3.05, 3.63) is 0 Å². The minimum Gasteiger partial charge on any atom is -0.453 e. The van der Waals surface area contributed by atoms with Crippen molar-refractivity contribution in [2.75, 3.05) is 20.2 Å². The van der Waals surface area contributed by atoms with Crippen LogP contribution in [0.5, 0.6) is 0 Å². The number of nitrogens with zero attached hydrogens (tertiary/aromatic N) is 1. The first-order chi connectivity index (χ1) is 4.55. The Hall–Kier alpha value is -0.870. The standard InChI is InChI=1S/C5H7F2NO2/c1-10-4(9)8-2-5(6,7)3-8/h2-3H2,1H3. The average molecular weight is 151 g/mol. The Kier molecular flexibility index (Phi) is 1.50. The molecule has 1 rings (SSSR count). The second kappa shape index (κ2) is 2.07. The predicted octanol–water partition coefficient (Wildman–Crippen LogP) is 0.704. The van der Waals surface area contributed by atoms with Gasteiger partial charge in [-0.3, -0.25) is 4.90 Å². The molecule has 1 amide bonds. The lowest BCUT2D eigenvalue weighted by molar-refractivity contribution is -0.118. The number of hydrogen-bond donors (Lipinski definition) is 0. The maximum absolute atomic E-state index is 12.0. The molecule has 0 saturated carbocycles. The molecule has 1 heterocycles. The molecule has 3 nitrogen and oxygen atoms in total. The summed E-state index contributed by atoms with van der Waals surface area (Å²) in [6.07, 6.45) is -0.689. The topological polar surface area (TPSA) is 29.5 Å². The Bertz CT molecular complexity index is 152. The van der Waals surface area contributed by atoms with Crippen molar-refractivity contribution in [1.82, 2.24) is 4.90 Å². The summed E-state index contributed by atoms with van der Waals surface area (Å²) in [6, 6.07) is 0. The number of halogens is 2. The SMILES string of the molecule is COC(=O)N1CC(F)(F)C1. The molecule has 58 valence electrons. The molecule has 0 aliphatic carbocycles. The second-order valence-electron chi connectivity index (χ2n) is 2.18. The van der Waals surface area contributed by atoms with Gasteiger partial charge >= 0.3 is 6.09 Å². The third-order valence-corrected chi connectivity index (χ3v) is 1.28. The molecule has 1 saturated heterocycles. The van der Waals surface area contributed by atoms with Crippen molar-refractivity contribution in [2.45, 2.75) is 5.92 Å². The van der Waals surface area contributed by atoms with E-state index in [2.05, 4.69) is 4.74 Å². The van der Waals surface area contributed by atoms with Crippen LogP contribution in [0, 0.1) is 0 Å². The maximum atomic E-state index is 12.0. The van der Waals surface area contributed by atoms with Crippen LogP contribution in [-0.2, 0) is 4.74 Å². The third kappa shape index (κ3) is 1.17. The fourth-order valence-corrected chi connectivity index (χ4v) is 0.770. The molecule has 0 bridgehead atoms. The van der Waals surface area contributed by atoms with Crippen LogP contribution in [-0.4, -0.2) is 37.1 Å². The summed E-state index contributed by atoms with van der Waals surface area (Å²) >= 11 is 0. The summed E-state index contributed by atoms with van der Waals surface area (Å²) in [5.74, 6) is -2.70. The third-order valence-electron chi connectivity index (χ3n) is 1.28. The molecule has 0 N–H and O–H groups in total. The van der Waals surface area contributed by atoms with E-state index in [1.807, 2.05) is 0 Å². The monoisotopic (exact) mass is 151 g/mol. The number of ether oxygens (including phenoxy) is 1. The first-order valence-corrected chi connectivity index (χ1v) is 2.76. The van der Waals surface area contributed by atoms with E-state index in [1.54, 1.807) is 0 Å². The van der Waals surface area contributed by atoms with Gasteiger partial charge in [-0.15, -0.1) is 0 Å². The van der Waals surface area contributed by atoms with Crippen LogP contribution in [0.3, 0.4) is 0 Å². The van der Waals surface area contributed by atoms with Crippen molar-refractivity contribution in [2.24, 2.45) is 0 Å². The summed E-state index contributed by atoms with van der Waals surface area (Å²) in [7, 11) is 1.17. The van der Waals surface area contributed by atoms with Crippen LogP contribution in [0.4, 0.5) is 13.6 Å². The zero-order chi connectivity index (χ0) is 7.78. The molecule has 0 atom stereocenters. The van der Waals surface area contributed by atoms with Gasteiger partial charge < -0.3 is 4.74 Å². The molecule has 0 spiro atoms. The maximum Gasteiger partial charge on any atom is 0.409 e. The van der Waals surface area contributed by atoms with Gasteiger partial charge in [0, 0.05) is 0 Å². The highest BCUT2D eigenvalue weighted by atomic mass is 19.3. The Morgan fingerprint density at radius 3 is 2.40 bits per heavy atom. The van der Waals surface area contributed by atoms with E-state index in [1.165, 1.54) is 7.11 Å². The lowest BCUT2D eigenvalue weighted by Gasteiger charge is -2.37. The molecule has 10 heavy (non-hydrogen) atoms. The van der Waals surface area contributed by atoms with Gasteiger partial charge in [0.1, 0.15) is 0 Å². The Morgan fingerprint density at radius 2 is 2.10 bits per heavy atom. The molecule has 0 aromatic carbocycles. The number of alkyl halides is 2. The highest BCUT2D eigenvalue weighted by Gasteiger charge is 2.46. The van der Waals surface area contributed by atoms with Gasteiger partial charge in [0.2, 0.25) is 0 Å². The lowest BCUT2D eigenvalue weighted by atomic mass is 10.2. The Morgan fingerprint density at radius 1 is 1.60 bits per heavy atom. The van der Waals surface area contributed by atoms with Crippen molar-refractivity contribution in [1.29, 1.82) is 0 Å². The van der Waals surface area contributed by atoms with E-state index >= 15 is 0 Å². The normalized spacial score (nSPS) is 21.7. The summed E-state index contributed by atoms with van der Waals surface area (Å²) in [6.45, 7) is -1.03. The van der Waals surface area contributed by atoms with Crippen LogP contribution < -0.4 is 0 Å². The average Bonchev–Trinajstić information content (AvgIpc) is 1.81. The fourth-order valence-electron chi connectivity index (χ4n) is 0.770. The highest BCUT2D eigenvalue weighted by molar-refractivity contribution is 5.68. The molecule has 0 aromatic rings. The van der Waals surface area contributed by atoms with Gasteiger partial charge in [0.15, 0.2) is 0 Å². The molecular weight excluding hydrogens is 144 g/mol. The first-order valence-electron chi connectivity index (χ1n) is 2.76. The predicted molar refractivity (Wildman–Crippen MR) is 28.9 cm³/mol. The second-order valence-corrected chi connectivity index (χ2v) is 2.18. The smallest absolute Gasteiger partial charge is 0.409 e. The van der Waals surface area contributed by atoms with Gasteiger partial charge in [-0.25, -0.2) is 13.6 Å². The van der Waals surface area contributed by atoms with E-state index < -0.39 is 25.1 Å². The van der Waals surface area contributed by atoms with Crippen LogP contribution in [0.25, 0.3) is 0 Å². The van der Waals surface area contributed by atoms with Gasteiger partial charge in [-0.2, -0.15) is 0 Å². The molecule has 0 unspecified atom stereocenters. The number of methoxy groups -OCH3 is 1. The molecule has 1 fully saturated rings. The number of rotatable bonds is 0. The number of carbonyl (C=O) groups is 1. The van der Waals surface area contributed by atoms with E-state index in [9.17, 15) is 13.6 Å². The van der Waals surface area contributed by atoms with E-state index in [-0.39, 0.29) is 0 Å². The largest absolute Gasteiger partial charge is 0.453 e. The van der Waals surface area contributed by atoms with Gasteiger partial charge in [0.25, 0.3) is 5.92 Å². The highest BCUT2D eigenvalue weighted by Crippen LogP contribution is 2.26. The van der Waals surface area contributed by atoms with Crippen LogP contribution in [0.2, 0.25) is 0 Å². The van der Waals surface area contributed by atoms with Crippen molar-refractivity contribution >= 4 is 6.09 Å². The van der Waals surface area contributed by atoms with Gasteiger partial charge in [0.05, 0.1) is 20.2 Å². The number of likely N-dealkylation sites (tertiary alicyclic amines) is 1. The molecule has 1 aliphatic rings. The van der Waals surface area contributed by atoms with Gasteiger partial charge in [-0.05, 0) is 0 Å². The van der Waals surface area contributed by atoms with Crippen molar-refractivity contribution < 1.29 is 18.3 Å². The number of amides is 1. The summed E-state index contributed by atoms with van der Waals surface area (Å²) in [5.41, 5.74) is 0. The number of carbonyl (C=O) groups excluding carboxylic acids is 1. The lowest BCUT2D eigenvalue weighted by Crippen LogP contribution is -2.58. The van der Waals surface area contributed by atoms with Crippen molar-refractivity contribution in [3.8, 4) is 0 Å². The summed E-state index contributed by atoms with van der Waals surface area (Å²) in [5, 5.41) is 0. The zero-order valence-corrected chi connectivity index (χ0v) is 5.43. The van der Waals surface area contributed by atoms with E-state index in [0.29, 0.717) is 0 Å². The van der Waals surface area contributed by atoms with E-state index in [0.717, 1.165) is 4.90 Å². The van der Waals surface area contributed by atoms with Crippen molar-refractivity contribution in [3.63, 3.8) is 0 Å². The summed E-state index contributed by atoms with van der Waals surface area (Å²) < 4.78 is 28.3. The zero-order valence-electron chi connectivity index (χ0n) is 5.43. The molecule has 0 radical (unpaired) electrons. The minimum absolute atomic E-state index is 0.514. The molecule has 1 aliphatic heterocycles. The number of hydrogen-bond acceptors (Lipinski definition) is 2. The molecule has 5 heteroatoms. The minimum atomic E-state index is -2.70. The van der Waals surface area contributed by atoms with Gasteiger partial charge in [-0.1, -0.05) is 0 Å². The van der Waals surface area contributed by atoms with Crippen LogP contribution >= 0.6 is 0 Å². The first kappa shape index (κ1) is 7.24. The Labute approximate surface area is 56.6 Å². The molecule has 0 aromatic heterocycles. The Balaban J connectivity index is 2.33.